The second-order valence-electron chi connectivity index (χ2n) is 6.88. The summed E-state index contributed by atoms with van der Waals surface area (Å²) in [4.78, 5) is 15.7. The molecule has 0 unspecified atom stereocenters. The van der Waals surface area contributed by atoms with Crippen LogP contribution in [0.5, 0.6) is 0 Å². The summed E-state index contributed by atoms with van der Waals surface area (Å²) >= 11 is 0. The van der Waals surface area contributed by atoms with Gasteiger partial charge in [0.05, 0.1) is 5.69 Å². The average Bonchev–Trinajstić information content (AvgIpc) is 3.08. The molecule has 0 fully saturated rings. The molecule has 0 spiro atoms. The fourth-order valence-electron chi connectivity index (χ4n) is 3.57. The number of hydrogen-bond acceptors (Lipinski definition) is 4. The van der Waals surface area contributed by atoms with E-state index in [0.717, 1.165) is 11.1 Å². The van der Waals surface area contributed by atoms with Gasteiger partial charge in [0.15, 0.2) is 0 Å². The number of nitrogens with two attached hydrogens (primary N) is 1. The molecule has 0 radical (unpaired) electrons. The van der Waals surface area contributed by atoms with Crippen LogP contribution in [0.15, 0.2) is 60.7 Å². The monoisotopic (exact) mass is 401 g/mol. The Morgan fingerprint density at radius 1 is 1.07 bits per heavy atom. The summed E-state index contributed by atoms with van der Waals surface area (Å²) < 4.78 is 18.6. The molecular weight excluding hydrogens is 381 g/mol. The van der Waals surface area contributed by atoms with Crippen LogP contribution < -0.4 is 11.1 Å². The highest BCUT2D eigenvalue weighted by Crippen LogP contribution is 2.44. The smallest absolute Gasteiger partial charge is 0.407 e. The van der Waals surface area contributed by atoms with Crippen LogP contribution in [0.2, 0.25) is 0 Å². The molecule has 0 bridgehead atoms. The maximum atomic E-state index is 13.1. The summed E-state index contributed by atoms with van der Waals surface area (Å²) in [6.07, 6.45) is -0.135. The van der Waals surface area contributed by atoms with E-state index in [9.17, 15) is 9.18 Å². The second-order valence-corrected chi connectivity index (χ2v) is 6.88. The molecule has 4 rings (SSSR count). The van der Waals surface area contributed by atoms with Crippen LogP contribution in [-0.2, 0) is 4.74 Å². The van der Waals surface area contributed by atoms with E-state index in [1.807, 2.05) is 24.3 Å². The van der Waals surface area contributed by atoms with Gasteiger partial charge >= 0.3 is 6.09 Å². The normalized spacial score (nSPS) is 11.8. The number of alkyl carbamates (subject to hydrolysis) is 1. The molecule has 1 amide bonds. The first-order chi connectivity index (χ1) is 14.6. The molecule has 5 nitrogen and oxygen atoms in total. The highest BCUT2D eigenvalue weighted by molar-refractivity contribution is 5.79. The first-order valence-electron chi connectivity index (χ1n) is 9.63. The predicted octanol–water partition coefficient (Wildman–Crippen LogP) is 4.08. The van der Waals surface area contributed by atoms with Gasteiger partial charge in [-0.15, -0.1) is 0 Å². The molecule has 3 aromatic rings. The SMILES string of the molecule is Nc1ccc(F)nc1C#CCCNC(=O)OCC1c2ccccc2-c2ccccc21. The Morgan fingerprint density at radius 3 is 2.43 bits per heavy atom. The summed E-state index contributed by atoms with van der Waals surface area (Å²) in [5.41, 5.74) is 10.9. The Morgan fingerprint density at radius 2 is 1.73 bits per heavy atom. The lowest BCUT2D eigenvalue weighted by molar-refractivity contribution is 0.143. The van der Waals surface area contributed by atoms with E-state index >= 15 is 0 Å². The summed E-state index contributed by atoms with van der Waals surface area (Å²) in [5, 5.41) is 2.68. The van der Waals surface area contributed by atoms with Crippen molar-refractivity contribution in [1.29, 1.82) is 0 Å². The zero-order chi connectivity index (χ0) is 20.9. The molecule has 30 heavy (non-hydrogen) atoms. The van der Waals surface area contributed by atoms with Gasteiger partial charge in [0.2, 0.25) is 5.95 Å². The quantitative estimate of drug-likeness (QED) is 0.392. The van der Waals surface area contributed by atoms with Gasteiger partial charge in [0.25, 0.3) is 0 Å². The van der Waals surface area contributed by atoms with Crippen LogP contribution >= 0.6 is 0 Å². The molecule has 0 aliphatic heterocycles. The minimum Gasteiger partial charge on any atom is -0.449 e. The molecule has 1 aliphatic rings. The van der Waals surface area contributed by atoms with Gasteiger partial charge in [-0.3, -0.25) is 0 Å². The van der Waals surface area contributed by atoms with Crippen molar-refractivity contribution < 1.29 is 13.9 Å². The Labute approximate surface area is 174 Å². The third-order valence-electron chi connectivity index (χ3n) is 4.96. The van der Waals surface area contributed by atoms with Gasteiger partial charge in [-0.2, -0.15) is 4.39 Å². The second kappa shape index (κ2) is 8.66. The molecule has 150 valence electrons. The topological polar surface area (TPSA) is 77.2 Å². The number of aromatic nitrogens is 1. The molecule has 1 aliphatic carbocycles. The van der Waals surface area contributed by atoms with E-state index in [2.05, 4.69) is 46.4 Å². The summed E-state index contributed by atoms with van der Waals surface area (Å²) in [6.45, 7) is 0.564. The Balaban J connectivity index is 1.30. The Kier molecular flexibility index (Phi) is 5.62. The maximum Gasteiger partial charge on any atom is 0.407 e. The average molecular weight is 401 g/mol. The van der Waals surface area contributed by atoms with Crippen LogP contribution in [0.4, 0.5) is 14.9 Å². The van der Waals surface area contributed by atoms with Crippen molar-refractivity contribution in [2.24, 2.45) is 0 Å². The van der Waals surface area contributed by atoms with E-state index < -0.39 is 12.0 Å². The fourth-order valence-corrected chi connectivity index (χ4v) is 3.57. The number of nitrogen functional groups attached to an aromatic ring is 1. The number of hydrogen-bond donors (Lipinski definition) is 2. The van der Waals surface area contributed by atoms with Gasteiger partial charge in [-0.05, 0) is 40.3 Å². The number of benzene rings is 2. The van der Waals surface area contributed by atoms with E-state index in [-0.39, 0.29) is 18.2 Å². The molecule has 2 aromatic carbocycles. The molecule has 0 saturated carbocycles. The number of amides is 1. The first-order valence-corrected chi connectivity index (χ1v) is 9.63. The zero-order valence-corrected chi connectivity index (χ0v) is 16.2. The summed E-state index contributed by atoms with van der Waals surface area (Å²) in [7, 11) is 0. The number of rotatable bonds is 4. The highest BCUT2D eigenvalue weighted by atomic mass is 19.1. The lowest BCUT2D eigenvalue weighted by Crippen LogP contribution is -2.26. The van der Waals surface area contributed by atoms with Gasteiger partial charge in [0, 0.05) is 18.9 Å². The van der Waals surface area contributed by atoms with Crippen LogP contribution in [-0.4, -0.2) is 24.2 Å². The number of halogens is 1. The van der Waals surface area contributed by atoms with Gasteiger partial charge in [0.1, 0.15) is 12.3 Å². The van der Waals surface area contributed by atoms with E-state index in [0.29, 0.717) is 18.7 Å². The van der Waals surface area contributed by atoms with Crippen LogP contribution in [0.3, 0.4) is 0 Å². The summed E-state index contributed by atoms with van der Waals surface area (Å²) in [5.74, 6) is 4.91. The predicted molar refractivity (Wildman–Crippen MR) is 113 cm³/mol. The van der Waals surface area contributed by atoms with Crippen molar-refractivity contribution in [2.45, 2.75) is 12.3 Å². The number of pyridine rings is 1. The van der Waals surface area contributed by atoms with E-state index in [1.54, 1.807) is 0 Å². The van der Waals surface area contributed by atoms with Crippen LogP contribution in [0.1, 0.15) is 29.2 Å². The molecule has 0 atom stereocenters. The van der Waals surface area contributed by atoms with Crippen molar-refractivity contribution in [3.63, 3.8) is 0 Å². The standard InChI is InChI=1S/C24H20FN3O2/c25-23-13-12-21(26)22(28-23)11-5-6-14-27-24(29)30-15-20-18-9-3-1-7-16(18)17-8-2-4-10-19(17)20/h1-4,7-10,12-13,20H,6,14-15,26H2,(H,27,29). The number of carbonyl (C=O) groups is 1. The fraction of sp³-hybridized carbons (Fsp3) is 0.167. The minimum absolute atomic E-state index is 0.0185. The molecule has 0 saturated heterocycles. The molecule has 6 heteroatoms. The number of carbonyl (C=O) groups excluding carboxylic acids is 1. The van der Waals surface area contributed by atoms with Crippen LogP contribution in [0.25, 0.3) is 11.1 Å². The van der Waals surface area contributed by atoms with Gasteiger partial charge in [-0.1, -0.05) is 54.5 Å². The van der Waals surface area contributed by atoms with Gasteiger partial charge in [-0.25, -0.2) is 9.78 Å². The molecule has 3 N–H and O–H groups in total. The Bertz CT molecular complexity index is 1100. The number of anilines is 1. The van der Waals surface area contributed by atoms with Crippen molar-refractivity contribution in [3.05, 3.63) is 83.4 Å². The number of ether oxygens (including phenoxy) is 1. The largest absolute Gasteiger partial charge is 0.449 e. The molecular formula is C24H20FN3O2. The molecule has 1 heterocycles. The zero-order valence-electron chi connectivity index (χ0n) is 16.2. The maximum absolute atomic E-state index is 13.1. The lowest BCUT2D eigenvalue weighted by atomic mass is 9.98. The van der Waals surface area contributed by atoms with Crippen molar-refractivity contribution in [1.82, 2.24) is 10.3 Å². The van der Waals surface area contributed by atoms with Gasteiger partial charge < -0.3 is 15.8 Å². The lowest BCUT2D eigenvalue weighted by Gasteiger charge is -2.14. The van der Waals surface area contributed by atoms with E-state index in [1.165, 1.54) is 23.3 Å². The molecule has 1 aromatic heterocycles. The van der Waals surface area contributed by atoms with Crippen molar-refractivity contribution >= 4 is 11.8 Å². The number of nitrogens with zero attached hydrogens (tertiary/aromatic N) is 1. The van der Waals surface area contributed by atoms with Crippen LogP contribution in [0, 0.1) is 17.8 Å². The van der Waals surface area contributed by atoms with Crippen molar-refractivity contribution in [2.75, 3.05) is 18.9 Å². The minimum atomic E-state index is -0.634. The third kappa shape index (κ3) is 4.11. The van der Waals surface area contributed by atoms with E-state index in [4.69, 9.17) is 10.5 Å². The first kappa shape index (κ1) is 19.5. The Hall–Kier alpha value is -3.85. The number of nitrogens with one attached hydrogen (secondary N) is 1. The third-order valence-corrected chi connectivity index (χ3v) is 4.96. The number of fused-ring (bicyclic) bond motifs is 3. The van der Waals surface area contributed by atoms with Crippen molar-refractivity contribution in [3.8, 4) is 23.0 Å². The summed E-state index contributed by atoms with van der Waals surface area (Å²) in [6, 6.07) is 18.9. The highest BCUT2D eigenvalue weighted by Gasteiger charge is 2.28.